The predicted octanol–water partition coefficient (Wildman–Crippen LogP) is 13.0. The lowest BCUT2D eigenvalue weighted by Crippen LogP contribution is -2.14. The van der Waals surface area contributed by atoms with Crippen molar-refractivity contribution in [2.45, 2.75) is 19.3 Å². The zero-order valence-corrected chi connectivity index (χ0v) is 29.5. The third-order valence-electron chi connectivity index (χ3n) is 11.1. The van der Waals surface area contributed by atoms with Crippen LogP contribution in [0.2, 0.25) is 0 Å². The van der Waals surface area contributed by atoms with Crippen molar-refractivity contribution in [3.05, 3.63) is 163 Å². The Morgan fingerprint density at radius 2 is 1.04 bits per heavy atom. The first-order valence-electron chi connectivity index (χ1n) is 17.8. The minimum absolute atomic E-state index is 0.0616. The van der Waals surface area contributed by atoms with E-state index in [4.69, 9.17) is 15.0 Å². The second-order valence-electron chi connectivity index (χ2n) is 14.4. The molecule has 0 bridgehead atoms. The van der Waals surface area contributed by atoms with Crippen LogP contribution in [0.25, 0.3) is 97.8 Å². The van der Waals surface area contributed by atoms with Crippen molar-refractivity contribution < 1.29 is 0 Å². The van der Waals surface area contributed by atoms with Crippen LogP contribution in [0, 0.1) is 0 Å². The summed E-state index contributed by atoms with van der Waals surface area (Å²) in [6.07, 6.45) is 0. The maximum Gasteiger partial charge on any atom is 0.164 e. The molecular weight excluding hydrogens is 651 g/mol. The van der Waals surface area contributed by atoms with Gasteiger partial charge >= 0.3 is 0 Å². The summed E-state index contributed by atoms with van der Waals surface area (Å²) in [6, 6.07) is 54.7. The van der Waals surface area contributed by atoms with Crippen LogP contribution in [-0.4, -0.2) is 15.0 Å². The van der Waals surface area contributed by atoms with Gasteiger partial charge in [0.1, 0.15) is 0 Å². The largest absolute Gasteiger partial charge is 0.208 e. The van der Waals surface area contributed by atoms with Crippen LogP contribution in [0.5, 0.6) is 0 Å². The second-order valence-corrected chi connectivity index (χ2v) is 15.5. The van der Waals surface area contributed by atoms with Crippen molar-refractivity contribution in [2.24, 2.45) is 0 Å². The van der Waals surface area contributed by atoms with Crippen molar-refractivity contribution in [3.63, 3.8) is 0 Å². The average molecular weight is 682 g/mol. The minimum atomic E-state index is -0.0616. The maximum absolute atomic E-state index is 5.16. The Labute approximate surface area is 304 Å². The standard InChI is InChI=1S/C48H31N3S/c1-48(2)38-14-8-6-13-36(38)44-39(48)24-21-29-17-16-28-18-19-31-26-32(20-23-34(31)42(28)43(29)44)46-49-45(30-10-4-3-5-11-30)50-47(51-46)33-22-25-41-37(27-33)35-12-7-9-15-40(35)52-41/h3-27H,1-2H3. The summed E-state index contributed by atoms with van der Waals surface area (Å²) in [5.74, 6) is 2.00. The SMILES string of the molecule is CC1(C)c2ccccc2-c2c1ccc1ccc3ccc4cc(-c5nc(-c6ccccc6)nc(-c6ccc7sc8ccccc8c7c6)n5)ccc4c3c21. The number of rotatable bonds is 3. The third-order valence-corrected chi connectivity index (χ3v) is 12.2. The Bertz CT molecular complexity index is 3100. The molecule has 0 unspecified atom stereocenters. The topological polar surface area (TPSA) is 38.7 Å². The van der Waals surface area contributed by atoms with Crippen molar-refractivity contribution >= 4 is 63.8 Å². The molecule has 0 N–H and O–H groups in total. The molecule has 0 aliphatic heterocycles. The van der Waals surface area contributed by atoms with E-state index in [9.17, 15) is 0 Å². The van der Waals surface area contributed by atoms with Gasteiger partial charge in [0.15, 0.2) is 17.5 Å². The molecule has 2 heterocycles. The van der Waals surface area contributed by atoms with E-state index < -0.39 is 0 Å². The highest BCUT2D eigenvalue weighted by molar-refractivity contribution is 7.25. The first kappa shape index (κ1) is 29.5. The van der Waals surface area contributed by atoms with Crippen LogP contribution in [0.15, 0.2) is 152 Å². The van der Waals surface area contributed by atoms with Crippen molar-refractivity contribution in [1.29, 1.82) is 0 Å². The van der Waals surface area contributed by atoms with E-state index in [1.807, 2.05) is 29.5 Å². The summed E-state index contributed by atoms with van der Waals surface area (Å²) in [4.78, 5) is 15.3. The molecule has 0 spiro atoms. The Balaban J connectivity index is 1.13. The first-order valence-corrected chi connectivity index (χ1v) is 18.6. The number of benzene rings is 8. The van der Waals surface area contributed by atoms with E-state index in [2.05, 4.69) is 147 Å². The van der Waals surface area contributed by atoms with Gasteiger partial charge in [-0.05, 0) is 84.9 Å². The fourth-order valence-electron chi connectivity index (χ4n) is 8.52. The predicted molar refractivity (Wildman–Crippen MR) is 219 cm³/mol. The lowest BCUT2D eigenvalue weighted by atomic mass is 9.81. The highest BCUT2D eigenvalue weighted by Gasteiger charge is 2.36. The molecule has 10 aromatic rings. The van der Waals surface area contributed by atoms with Crippen molar-refractivity contribution in [1.82, 2.24) is 15.0 Å². The molecule has 11 rings (SSSR count). The Morgan fingerprint density at radius 1 is 0.423 bits per heavy atom. The molecule has 2 aromatic heterocycles. The molecular formula is C48H31N3S. The van der Waals surface area contributed by atoms with Crippen LogP contribution >= 0.6 is 11.3 Å². The summed E-state index contributed by atoms with van der Waals surface area (Å²) >= 11 is 1.82. The van der Waals surface area contributed by atoms with Crippen LogP contribution in [-0.2, 0) is 5.41 Å². The van der Waals surface area contributed by atoms with E-state index in [0.717, 1.165) is 22.1 Å². The van der Waals surface area contributed by atoms with Gasteiger partial charge in [-0.15, -0.1) is 11.3 Å². The van der Waals surface area contributed by atoms with Crippen molar-refractivity contribution in [3.8, 4) is 45.3 Å². The van der Waals surface area contributed by atoms with Crippen LogP contribution in [0.1, 0.15) is 25.0 Å². The fraction of sp³-hybridized carbons (Fsp3) is 0.0625. The van der Waals surface area contributed by atoms with Crippen LogP contribution < -0.4 is 0 Å². The van der Waals surface area contributed by atoms with Gasteiger partial charge in [-0.25, -0.2) is 15.0 Å². The molecule has 0 saturated heterocycles. The molecule has 1 aliphatic carbocycles. The lowest BCUT2D eigenvalue weighted by Gasteiger charge is -2.21. The van der Waals surface area contributed by atoms with E-state index in [-0.39, 0.29) is 5.41 Å². The Kier molecular flexibility index (Phi) is 6.17. The molecule has 244 valence electrons. The summed E-state index contributed by atoms with van der Waals surface area (Å²) in [6.45, 7) is 4.71. The van der Waals surface area contributed by atoms with E-state index in [0.29, 0.717) is 17.5 Å². The molecule has 3 nitrogen and oxygen atoms in total. The van der Waals surface area contributed by atoms with Gasteiger partial charge in [0.25, 0.3) is 0 Å². The summed E-state index contributed by atoms with van der Waals surface area (Å²) < 4.78 is 2.54. The number of thiophene rings is 1. The highest BCUT2D eigenvalue weighted by Crippen LogP contribution is 2.53. The van der Waals surface area contributed by atoms with Crippen LogP contribution in [0.4, 0.5) is 0 Å². The average Bonchev–Trinajstić information content (AvgIpc) is 3.69. The summed E-state index contributed by atoms with van der Waals surface area (Å²) in [7, 11) is 0. The molecule has 0 saturated carbocycles. The van der Waals surface area contributed by atoms with Crippen LogP contribution in [0.3, 0.4) is 0 Å². The fourth-order valence-corrected chi connectivity index (χ4v) is 9.60. The van der Waals surface area contributed by atoms with Gasteiger partial charge in [0.2, 0.25) is 0 Å². The maximum atomic E-state index is 5.16. The number of aromatic nitrogens is 3. The zero-order chi connectivity index (χ0) is 34.6. The molecule has 0 radical (unpaired) electrons. The number of fused-ring (bicyclic) bond motifs is 12. The monoisotopic (exact) mass is 681 g/mol. The molecule has 8 aromatic carbocycles. The summed E-state index contributed by atoms with van der Waals surface area (Å²) in [5.41, 5.74) is 8.33. The molecule has 0 amide bonds. The minimum Gasteiger partial charge on any atom is -0.208 e. The molecule has 0 fully saturated rings. The molecule has 4 heteroatoms. The van der Waals surface area contributed by atoms with Gasteiger partial charge < -0.3 is 0 Å². The zero-order valence-electron chi connectivity index (χ0n) is 28.7. The summed E-state index contributed by atoms with van der Waals surface area (Å²) in [5, 5.41) is 10.0. The number of hydrogen-bond donors (Lipinski definition) is 0. The van der Waals surface area contributed by atoms with Gasteiger partial charge in [-0.1, -0.05) is 135 Å². The Hall–Kier alpha value is -6.23. The van der Waals surface area contributed by atoms with Gasteiger partial charge in [-0.2, -0.15) is 0 Å². The molecule has 52 heavy (non-hydrogen) atoms. The van der Waals surface area contributed by atoms with Gasteiger partial charge in [0, 0.05) is 42.3 Å². The number of nitrogens with zero attached hydrogens (tertiary/aromatic N) is 3. The van der Waals surface area contributed by atoms with Gasteiger partial charge in [-0.3, -0.25) is 0 Å². The normalized spacial score (nSPS) is 13.3. The van der Waals surface area contributed by atoms with E-state index in [1.54, 1.807) is 0 Å². The molecule has 0 atom stereocenters. The molecule has 1 aliphatic rings. The third kappa shape index (κ3) is 4.28. The lowest BCUT2D eigenvalue weighted by molar-refractivity contribution is 0.661. The van der Waals surface area contributed by atoms with E-state index in [1.165, 1.54) is 69.4 Å². The quantitative estimate of drug-likeness (QED) is 0.174. The Morgan fingerprint density at radius 3 is 1.87 bits per heavy atom. The first-order chi connectivity index (χ1) is 25.5. The highest BCUT2D eigenvalue weighted by atomic mass is 32.1. The smallest absolute Gasteiger partial charge is 0.164 e. The van der Waals surface area contributed by atoms with E-state index >= 15 is 0 Å². The van der Waals surface area contributed by atoms with Gasteiger partial charge in [0.05, 0.1) is 0 Å². The second kappa shape index (κ2) is 10.9. The number of hydrogen-bond acceptors (Lipinski definition) is 4. The van der Waals surface area contributed by atoms with Crippen molar-refractivity contribution in [2.75, 3.05) is 0 Å².